The number of carbonyl (C=O) groups is 3. The zero-order valence-electron chi connectivity index (χ0n) is 37.4. The molecule has 382 valence electrons. The van der Waals surface area contributed by atoms with Gasteiger partial charge in [-0.05, 0) is 49.7 Å². The van der Waals surface area contributed by atoms with Crippen LogP contribution in [0.2, 0.25) is 20.1 Å². The molecular formula is C33H23Cl5F12K3N8O9S2+. The molecule has 0 saturated heterocycles. The van der Waals surface area contributed by atoms with Crippen molar-refractivity contribution in [2.75, 3.05) is 37.5 Å². The number of nitrogen functional groups attached to an aromatic ring is 1. The van der Waals surface area contributed by atoms with Crippen molar-refractivity contribution in [3.8, 4) is 23.5 Å². The van der Waals surface area contributed by atoms with Crippen molar-refractivity contribution in [2.45, 2.75) is 47.0 Å². The van der Waals surface area contributed by atoms with Gasteiger partial charge in [-0.2, -0.15) is 73.4 Å². The molecule has 17 nitrogen and oxygen atoms in total. The topological polar surface area (TPSA) is 257 Å². The molecule has 2 unspecified atom stereocenters. The SMILES string of the molecule is CCOCC(=O)Cl.CCOCC(=O)Nc1c(S(=O)C(F)(F)F)c(C#N)nn1-c1c(Cl)cc(C(F)(F)F)cc1Cl.N#Cc1nn(-c2c(Cl)cc(C(F)(F)F)cc2Cl)c(N)c1S(=O)C(F)(F)F.O=CO[O-].[H-].[K+].[K+].[K+]. The molecule has 4 aromatic rings. The van der Waals surface area contributed by atoms with Gasteiger partial charge in [-0.3, -0.25) is 14.4 Å². The first kappa shape index (κ1) is 76.2. The van der Waals surface area contributed by atoms with Gasteiger partial charge in [0.1, 0.15) is 52.3 Å². The predicted octanol–water partition coefficient (Wildman–Crippen LogP) is -0.701. The first-order valence-corrected chi connectivity index (χ1v) is 21.2. The summed E-state index contributed by atoms with van der Waals surface area (Å²) >= 11 is 28.1. The van der Waals surface area contributed by atoms with E-state index in [1.54, 1.807) is 6.92 Å². The fourth-order valence-electron chi connectivity index (χ4n) is 4.41. The number of rotatable bonds is 12. The first-order chi connectivity index (χ1) is 31.7. The molecule has 0 fully saturated rings. The molecule has 3 N–H and O–H groups in total. The Balaban J connectivity index is -0.000000522. The van der Waals surface area contributed by atoms with E-state index in [4.69, 9.17) is 83.8 Å². The van der Waals surface area contributed by atoms with Crippen molar-refractivity contribution in [1.82, 2.24) is 19.6 Å². The number of carbonyl (C=O) groups excluding carboxylic acids is 3. The van der Waals surface area contributed by atoms with E-state index in [9.17, 15) is 76.0 Å². The number of aromatic nitrogens is 4. The third-order valence-electron chi connectivity index (χ3n) is 6.99. The second-order valence-electron chi connectivity index (χ2n) is 11.5. The van der Waals surface area contributed by atoms with Crippen LogP contribution >= 0.6 is 58.0 Å². The minimum absolute atomic E-state index is 0. The van der Waals surface area contributed by atoms with Gasteiger partial charge in [-0.15, -0.1) is 0 Å². The largest absolute Gasteiger partial charge is 1.00 e. The van der Waals surface area contributed by atoms with E-state index in [2.05, 4.69) is 19.8 Å². The zero-order chi connectivity index (χ0) is 53.6. The van der Waals surface area contributed by atoms with Crippen molar-refractivity contribution >= 4 is 109 Å². The maximum absolute atomic E-state index is 13.2. The number of halogens is 17. The summed E-state index contributed by atoms with van der Waals surface area (Å²) in [6, 6.07) is 4.33. The molecule has 39 heteroatoms. The van der Waals surface area contributed by atoms with E-state index in [0.29, 0.717) is 40.2 Å². The smallest absolute Gasteiger partial charge is 1.00 e. The molecule has 0 aliphatic heterocycles. The summed E-state index contributed by atoms with van der Waals surface area (Å²) in [6.45, 7) is 3.14. The fourth-order valence-corrected chi connectivity index (χ4v) is 7.35. The molecule has 0 aliphatic rings. The van der Waals surface area contributed by atoms with Crippen molar-refractivity contribution in [2.24, 2.45) is 0 Å². The van der Waals surface area contributed by atoms with E-state index in [-0.39, 0.29) is 175 Å². The molecule has 0 radical (unpaired) electrons. The number of anilines is 2. The number of amides is 1. The average molecular weight is 1260 g/mol. The van der Waals surface area contributed by atoms with Gasteiger partial charge >= 0.3 is 178 Å². The molecular weight excluding hydrogens is 1240 g/mol. The van der Waals surface area contributed by atoms with Gasteiger partial charge in [0.05, 0.1) is 31.2 Å². The molecule has 2 aromatic carbocycles. The third-order valence-corrected chi connectivity index (χ3v) is 10.6. The summed E-state index contributed by atoms with van der Waals surface area (Å²) < 4.78 is 189. The van der Waals surface area contributed by atoms with Crippen LogP contribution in [0.15, 0.2) is 34.1 Å². The number of nitrogens with two attached hydrogens (primary N) is 1. The summed E-state index contributed by atoms with van der Waals surface area (Å²) in [5, 5.41) is 32.3. The van der Waals surface area contributed by atoms with Gasteiger partial charge in [0, 0.05) is 13.2 Å². The van der Waals surface area contributed by atoms with Gasteiger partial charge in [-0.25, -0.2) is 17.8 Å². The number of benzene rings is 2. The molecule has 0 saturated carbocycles. The summed E-state index contributed by atoms with van der Waals surface area (Å²) in [7, 11) is -7.56. The summed E-state index contributed by atoms with van der Waals surface area (Å²) in [5.41, 5.74) is -10.7. The quantitative estimate of drug-likeness (QED) is 0.0445. The van der Waals surface area contributed by atoms with Crippen LogP contribution in [0.25, 0.3) is 11.4 Å². The Morgan fingerprint density at radius 1 is 0.736 bits per heavy atom. The molecule has 1 amide bonds. The molecule has 0 spiro atoms. The second kappa shape index (κ2) is 34.1. The standard InChI is InChI=1S/C16H10Cl2F6N4O3S.C12H4Cl2F6N4OS.C4H7ClO2.CH2O3.3K.H/c1-2-31-6-11(29)26-14-13(32(30)16(22,23)24)10(5-25)27-28(14)12-8(17)3-7(4-9(12)18)15(19,20)21;13-5-1-4(11(15,16)17)2-6(14)8(5)24-10(22)9(7(3-21)23-24)26(25)12(18,19)20;1-2-7-3-4(5)6;2-1-4-3;;;;/h3-4H,2,6H2,1H3,(H,26,29);1-2H,22H2;2-3H2,1H3;1,3H;;;;/q;;;;3*+1;-1/p-1. The van der Waals surface area contributed by atoms with Crippen molar-refractivity contribution in [1.29, 1.82) is 10.5 Å². The van der Waals surface area contributed by atoms with Crippen molar-refractivity contribution < 1.29 is 251 Å². The summed E-state index contributed by atoms with van der Waals surface area (Å²) in [5.74, 6) is -2.86. The number of hydrogen-bond donors (Lipinski definition) is 2. The number of ether oxygens (including phenoxy) is 2. The fraction of sp³-hybridized carbons (Fsp3) is 0.303. The Bertz CT molecular complexity index is 2610. The van der Waals surface area contributed by atoms with Crippen LogP contribution in [0.1, 0.15) is 37.8 Å². The normalized spacial score (nSPS) is 11.8. The van der Waals surface area contributed by atoms with Crippen LogP contribution in [0.5, 0.6) is 0 Å². The number of alkyl halides is 12. The van der Waals surface area contributed by atoms with E-state index in [1.165, 1.54) is 19.1 Å². The van der Waals surface area contributed by atoms with Gasteiger partial charge in [0.25, 0.3) is 12.4 Å². The maximum Gasteiger partial charge on any atom is 1.00 e. The monoisotopic (exact) mass is 1260 g/mol. The number of nitrogens with zero attached hydrogens (tertiary/aromatic N) is 6. The molecule has 2 aromatic heterocycles. The molecule has 0 bridgehead atoms. The van der Waals surface area contributed by atoms with Crippen LogP contribution in [-0.2, 0) is 62.7 Å². The average Bonchev–Trinajstić information content (AvgIpc) is 3.75. The minimum Gasteiger partial charge on any atom is -1.00 e. The van der Waals surface area contributed by atoms with Crippen molar-refractivity contribution in [3.63, 3.8) is 0 Å². The van der Waals surface area contributed by atoms with Gasteiger partial charge in [0.2, 0.25) is 5.24 Å². The van der Waals surface area contributed by atoms with E-state index in [1.807, 2.05) is 5.32 Å². The predicted molar refractivity (Wildman–Crippen MR) is 217 cm³/mol. The minimum atomic E-state index is -5.37. The molecule has 72 heavy (non-hydrogen) atoms. The Morgan fingerprint density at radius 2 is 1.07 bits per heavy atom. The zero-order valence-corrected chi connectivity index (χ0v) is 51.2. The molecule has 4 rings (SSSR count). The van der Waals surface area contributed by atoms with E-state index in [0.717, 1.165) is 0 Å². The first-order valence-electron chi connectivity index (χ1n) is 17.0. The summed E-state index contributed by atoms with van der Waals surface area (Å²) in [4.78, 5) is 30.8. The number of nitriles is 2. The molecule has 2 atom stereocenters. The van der Waals surface area contributed by atoms with Crippen LogP contribution in [0, 0.1) is 22.7 Å². The number of nitrogens with one attached hydrogen (secondary N) is 1. The third kappa shape index (κ3) is 22.7. The van der Waals surface area contributed by atoms with Gasteiger partial charge in [-0.1, -0.05) is 46.4 Å². The van der Waals surface area contributed by atoms with Crippen LogP contribution in [0.4, 0.5) is 64.3 Å². The van der Waals surface area contributed by atoms with Crippen LogP contribution < -0.4 is 170 Å². The van der Waals surface area contributed by atoms with E-state index < -0.39 is 138 Å². The maximum atomic E-state index is 13.2. The molecule has 0 aliphatic carbocycles. The second-order valence-corrected chi connectivity index (χ2v) is 16.4. The number of hydrogen-bond acceptors (Lipinski definition) is 14. The van der Waals surface area contributed by atoms with Gasteiger partial charge in [0.15, 0.2) is 38.8 Å². The van der Waals surface area contributed by atoms with Gasteiger partial charge < -0.3 is 32.1 Å². The Morgan fingerprint density at radius 3 is 1.38 bits per heavy atom. The Labute approximate surface area is 555 Å². The summed E-state index contributed by atoms with van der Waals surface area (Å²) in [6.07, 6.45) is -9.65. The Kier molecular flexibility index (Phi) is 36.0. The van der Waals surface area contributed by atoms with Crippen LogP contribution in [-0.4, -0.2) is 83.0 Å². The molecule has 2 heterocycles. The van der Waals surface area contributed by atoms with E-state index >= 15 is 0 Å². The Hall–Kier alpha value is -0.0509. The van der Waals surface area contributed by atoms with Crippen molar-refractivity contribution in [3.05, 3.63) is 66.9 Å². The van der Waals surface area contributed by atoms with Crippen LogP contribution in [0.3, 0.4) is 0 Å².